The minimum absolute atomic E-state index is 0.291. The molecule has 1 aliphatic rings. The number of rotatable bonds is 6. The molecule has 1 aliphatic heterocycles. The van der Waals surface area contributed by atoms with Crippen molar-refractivity contribution in [2.75, 3.05) is 18.8 Å². The molecule has 6 nitrogen and oxygen atoms in total. The lowest BCUT2D eigenvalue weighted by Crippen LogP contribution is -2.32. The van der Waals surface area contributed by atoms with E-state index in [0.29, 0.717) is 5.75 Å². The van der Waals surface area contributed by atoms with Crippen LogP contribution in [-0.4, -0.2) is 50.8 Å². The van der Waals surface area contributed by atoms with Gasteiger partial charge in [0.1, 0.15) is 16.9 Å². The summed E-state index contributed by atoms with van der Waals surface area (Å²) in [5.74, 6) is 0.0876. The first-order valence-corrected chi connectivity index (χ1v) is 8.71. The average Bonchev–Trinajstić information content (AvgIpc) is 3.05. The van der Waals surface area contributed by atoms with Crippen LogP contribution in [-0.2, 0) is 11.3 Å². The molecule has 1 unspecified atom stereocenters. The highest BCUT2D eigenvalue weighted by molar-refractivity contribution is 7.99. The molecule has 23 heavy (non-hydrogen) atoms. The molecule has 1 fully saturated rings. The molecular formula is C16H20N4O2S. The van der Waals surface area contributed by atoms with E-state index in [1.165, 1.54) is 24.6 Å². The van der Waals surface area contributed by atoms with Gasteiger partial charge in [0.15, 0.2) is 0 Å². The van der Waals surface area contributed by atoms with Crippen molar-refractivity contribution in [2.45, 2.75) is 30.5 Å². The predicted octanol–water partition coefficient (Wildman–Crippen LogP) is 1.73. The first-order valence-electron chi connectivity index (χ1n) is 7.72. The minimum atomic E-state index is -0.992. The summed E-state index contributed by atoms with van der Waals surface area (Å²) in [6, 6.07) is 6.92. The molecular weight excluding hydrogens is 312 g/mol. The number of thioether (sulfide) groups is 1. The highest BCUT2D eigenvalue weighted by Gasteiger charge is 2.17. The molecule has 0 saturated carbocycles. The molecule has 0 spiro atoms. The quantitative estimate of drug-likeness (QED) is 0.615. The van der Waals surface area contributed by atoms with Crippen LogP contribution in [0, 0.1) is 0 Å². The van der Waals surface area contributed by atoms with Crippen LogP contribution in [0.25, 0.3) is 10.9 Å². The van der Waals surface area contributed by atoms with Gasteiger partial charge in [-0.15, -0.1) is 11.8 Å². The van der Waals surface area contributed by atoms with Gasteiger partial charge in [0.2, 0.25) is 0 Å². The van der Waals surface area contributed by atoms with Gasteiger partial charge in [-0.2, -0.15) is 0 Å². The molecule has 1 aromatic heterocycles. The van der Waals surface area contributed by atoms with Gasteiger partial charge in [0, 0.05) is 11.1 Å². The molecule has 122 valence electrons. The van der Waals surface area contributed by atoms with Gasteiger partial charge in [-0.25, -0.2) is 9.97 Å². The SMILES string of the molecule is NC(CSc1nc(CN2CCCC2)nc2ccccc12)C(=O)O. The summed E-state index contributed by atoms with van der Waals surface area (Å²) in [6.07, 6.45) is 2.45. The fourth-order valence-corrected chi connectivity index (χ4v) is 3.63. The number of hydrogen-bond donors (Lipinski definition) is 2. The topological polar surface area (TPSA) is 92.3 Å². The van der Waals surface area contributed by atoms with Crippen molar-refractivity contribution in [3.05, 3.63) is 30.1 Å². The lowest BCUT2D eigenvalue weighted by Gasteiger charge is -2.15. The Morgan fingerprint density at radius 1 is 1.30 bits per heavy atom. The van der Waals surface area contributed by atoms with Gasteiger partial charge in [0.05, 0.1) is 12.1 Å². The normalized spacial score (nSPS) is 16.7. The number of nitrogens with zero attached hydrogens (tertiary/aromatic N) is 3. The summed E-state index contributed by atoms with van der Waals surface area (Å²) in [5.41, 5.74) is 6.50. The van der Waals surface area contributed by atoms with Crippen molar-refractivity contribution in [1.29, 1.82) is 0 Å². The highest BCUT2D eigenvalue weighted by atomic mass is 32.2. The molecule has 0 bridgehead atoms. The van der Waals surface area contributed by atoms with Gasteiger partial charge in [-0.05, 0) is 32.0 Å². The van der Waals surface area contributed by atoms with Crippen molar-refractivity contribution in [3.63, 3.8) is 0 Å². The van der Waals surface area contributed by atoms with E-state index in [1.807, 2.05) is 24.3 Å². The zero-order valence-corrected chi connectivity index (χ0v) is 13.6. The number of hydrogen-bond acceptors (Lipinski definition) is 6. The zero-order valence-electron chi connectivity index (χ0n) is 12.8. The maximum absolute atomic E-state index is 10.9. The Morgan fingerprint density at radius 2 is 2.04 bits per heavy atom. The van der Waals surface area contributed by atoms with E-state index in [1.54, 1.807) is 0 Å². The molecule has 2 aromatic rings. The third kappa shape index (κ3) is 3.99. The summed E-state index contributed by atoms with van der Waals surface area (Å²) in [5, 5.41) is 10.7. The summed E-state index contributed by atoms with van der Waals surface area (Å²) >= 11 is 1.38. The Balaban J connectivity index is 1.85. The first-order chi connectivity index (χ1) is 11.1. The molecule has 1 saturated heterocycles. The van der Waals surface area contributed by atoms with Crippen molar-refractivity contribution in [1.82, 2.24) is 14.9 Å². The summed E-state index contributed by atoms with van der Waals surface area (Å²) in [6.45, 7) is 2.91. The number of carboxylic acid groups (broad SMARTS) is 1. The molecule has 0 radical (unpaired) electrons. The largest absolute Gasteiger partial charge is 0.480 e. The molecule has 1 atom stereocenters. The third-order valence-corrected chi connectivity index (χ3v) is 5.01. The number of para-hydroxylation sites is 1. The predicted molar refractivity (Wildman–Crippen MR) is 90.4 cm³/mol. The lowest BCUT2D eigenvalue weighted by atomic mass is 10.2. The number of nitrogens with two attached hydrogens (primary N) is 1. The van der Waals surface area contributed by atoms with E-state index in [9.17, 15) is 4.79 Å². The van der Waals surface area contributed by atoms with Gasteiger partial charge in [-0.1, -0.05) is 18.2 Å². The molecule has 0 amide bonds. The van der Waals surface area contributed by atoms with E-state index in [0.717, 1.165) is 41.4 Å². The van der Waals surface area contributed by atoms with E-state index in [-0.39, 0.29) is 0 Å². The van der Waals surface area contributed by atoms with Crippen molar-refractivity contribution >= 4 is 28.6 Å². The maximum Gasteiger partial charge on any atom is 0.321 e. The average molecular weight is 332 g/mol. The molecule has 1 aromatic carbocycles. The van der Waals surface area contributed by atoms with E-state index in [2.05, 4.69) is 14.9 Å². The number of carboxylic acids is 1. The standard InChI is InChI=1S/C16H20N4O2S/c17-12(16(21)22)10-23-15-11-5-1-2-6-13(11)18-14(19-15)9-20-7-3-4-8-20/h1-2,5-6,12H,3-4,7-10,17H2,(H,21,22). The Morgan fingerprint density at radius 3 is 2.78 bits per heavy atom. The Hall–Kier alpha value is -1.70. The lowest BCUT2D eigenvalue weighted by molar-refractivity contribution is -0.137. The van der Waals surface area contributed by atoms with E-state index >= 15 is 0 Å². The monoisotopic (exact) mass is 332 g/mol. The van der Waals surface area contributed by atoms with Crippen LogP contribution >= 0.6 is 11.8 Å². The number of likely N-dealkylation sites (tertiary alicyclic amines) is 1. The second-order valence-electron chi connectivity index (χ2n) is 5.70. The van der Waals surface area contributed by atoms with Gasteiger partial charge in [0.25, 0.3) is 0 Å². The van der Waals surface area contributed by atoms with Crippen LogP contribution in [0.3, 0.4) is 0 Å². The van der Waals surface area contributed by atoms with Crippen molar-refractivity contribution < 1.29 is 9.90 Å². The fourth-order valence-electron chi connectivity index (χ4n) is 2.65. The van der Waals surface area contributed by atoms with Crippen molar-refractivity contribution in [2.24, 2.45) is 5.73 Å². The van der Waals surface area contributed by atoms with Crippen molar-refractivity contribution in [3.8, 4) is 0 Å². The first kappa shape index (κ1) is 16.2. The van der Waals surface area contributed by atoms with Crippen LogP contribution in [0.2, 0.25) is 0 Å². The van der Waals surface area contributed by atoms with E-state index < -0.39 is 12.0 Å². The number of benzene rings is 1. The number of aromatic nitrogens is 2. The molecule has 0 aliphatic carbocycles. The van der Waals surface area contributed by atoms with Gasteiger partial charge < -0.3 is 10.8 Å². The summed E-state index contributed by atoms with van der Waals surface area (Å²) in [7, 11) is 0. The van der Waals surface area contributed by atoms with Crippen LogP contribution in [0.5, 0.6) is 0 Å². The Bertz CT molecular complexity index is 704. The molecule has 7 heteroatoms. The highest BCUT2D eigenvalue weighted by Crippen LogP contribution is 2.26. The molecule has 3 N–H and O–H groups in total. The number of carbonyl (C=O) groups is 1. The molecule has 2 heterocycles. The fraction of sp³-hybridized carbons (Fsp3) is 0.438. The van der Waals surface area contributed by atoms with Gasteiger partial charge >= 0.3 is 5.97 Å². The van der Waals surface area contributed by atoms with Crippen LogP contribution in [0.1, 0.15) is 18.7 Å². The number of fused-ring (bicyclic) bond motifs is 1. The number of aliphatic carboxylic acids is 1. The van der Waals surface area contributed by atoms with Gasteiger partial charge in [-0.3, -0.25) is 9.69 Å². The smallest absolute Gasteiger partial charge is 0.321 e. The maximum atomic E-state index is 10.9. The zero-order chi connectivity index (χ0) is 16.2. The second-order valence-corrected chi connectivity index (χ2v) is 6.71. The van der Waals surface area contributed by atoms with Crippen LogP contribution in [0.15, 0.2) is 29.3 Å². The van der Waals surface area contributed by atoms with Crippen LogP contribution < -0.4 is 5.73 Å². The molecule has 3 rings (SSSR count). The van der Waals surface area contributed by atoms with Crippen LogP contribution in [0.4, 0.5) is 0 Å². The summed E-state index contributed by atoms with van der Waals surface area (Å²) in [4.78, 5) is 22.6. The third-order valence-electron chi connectivity index (χ3n) is 3.90. The minimum Gasteiger partial charge on any atom is -0.480 e. The second kappa shape index (κ2) is 7.25. The van der Waals surface area contributed by atoms with E-state index in [4.69, 9.17) is 10.8 Å². The Labute approximate surface area is 139 Å². The Kier molecular flexibility index (Phi) is 5.09. The summed E-state index contributed by atoms with van der Waals surface area (Å²) < 4.78 is 0.